The Morgan fingerprint density at radius 1 is 1.29 bits per heavy atom. The van der Waals surface area contributed by atoms with E-state index in [4.69, 9.17) is 4.74 Å². The number of ether oxygens (including phenoxy) is 1. The van der Waals surface area contributed by atoms with E-state index in [1.54, 1.807) is 7.11 Å². The summed E-state index contributed by atoms with van der Waals surface area (Å²) in [5.41, 5.74) is 1.30. The van der Waals surface area contributed by atoms with E-state index in [0.717, 1.165) is 31.5 Å². The van der Waals surface area contributed by atoms with E-state index >= 15 is 0 Å². The molecule has 17 heavy (non-hydrogen) atoms. The maximum Gasteiger partial charge on any atom is 0.253 e. The lowest BCUT2D eigenvalue weighted by atomic mass is 10.1. The SMILES string of the molecule is C=C(C(=O)N1CCCC1)c1ccccc1OC. The molecule has 90 valence electrons. The molecular formula is C14H17NO2. The topological polar surface area (TPSA) is 29.5 Å². The Labute approximate surface area is 102 Å². The van der Waals surface area contributed by atoms with Gasteiger partial charge in [0.05, 0.1) is 7.11 Å². The van der Waals surface area contributed by atoms with Gasteiger partial charge in [0.15, 0.2) is 0 Å². The summed E-state index contributed by atoms with van der Waals surface area (Å²) >= 11 is 0. The van der Waals surface area contributed by atoms with Crippen molar-refractivity contribution in [3.63, 3.8) is 0 Å². The van der Waals surface area contributed by atoms with Crippen molar-refractivity contribution in [1.29, 1.82) is 0 Å². The summed E-state index contributed by atoms with van der Waals surface area (Å²) in [5, 5.41) is 0. The molecule has 1 heterocycles. The Bertz CT molecular complexity index is 434. The third kappa shape index (κ3) is 2.33. The fourth-order valence-electron chi connectivity index (χ4n) is 2.12. The molecule has 3 nitrogen and oxygen atoms in total. The van der Waals surface area contributed by atoms with E-state index in [1.165, 1.54) is 0 Å². The molecule has 1 amide bonds. The van der Waals surface area contributed by atoms with Gasteiger partial charge in [0, 0.05) is 24.2 Å². The highest BCUT2D eigenvalue weighted by Gasteiger charge is 2.22. The highest BCUT2D eigenvalue weighted by atomic mass is 16.5. The highest BCUT2D eigenvalue weighted by molar-refractivity contribution is 6.19. The highest BCUT2D eigenvalue weighted by Crippen LogP contribution is 2.26. The molecule has 1 aromatic carbocycles. The summed E-state index contributed by atoms with van der Waals surface area (Å²) in [7, 11) is 1.60. The van der Waals surface area contributed by atoms with Crippen molar-refractivity contribution in [1.82, 2.24) is 4.90 Å². The van der Waals surface area contributed by atoms with Crippen molar-refractivity contribution in [2.24, 2.45) is 0 Å². The molecule has 0 bridgehead atoms. The van der Waals surface area contributed by atoms with Crippen molar-refractivity contribution >= 4 is 11.5 Å². The van der Waals surface area contributed by atoms with E-state index in [-0.39, 0.29) is 5.91 Å². The smallest absolute Gasteiger partial charge is 0.253 e. The number of carbonyl (C=O) groups excluding carboxylic acids is 1. The van der Waals surface area contributed by atoms with Gasteiger partial charge in [-0.2, -0.15) is 0 Å². The molecule has 0 N–H and O–H groups in total. The Balaban J connectivity index is 2.21. The first-order valence-corrected chi connectivity index (χ1v) is 5.85. The molecular weight excluding hydrogens is 214 g/mol. The first-order chi connectivity index (χ1) is 8.24. The molecule has 3 heteroatoms. The zero-order valence-corrected chi connectivity index (χ0v) is 10.1. The van der Waals surface area contributed by atoms with Crippen molar-refractivity contribution in [2.75, 3.05) is 20.2 Å². The van der Waals surface area contributed by atoms with Gasteiger partial charge in [-0.25, -0.2) is 0 Å². The summed E-state index contributed by atoms with van der Waals surface area (Å²) < 4.78 is 5.25. The van der Waals surface area contributed by atoms with Crippen molar-refractivity contribution in [2.45, 2.75) is 12.8 Å². The van der Waals surface area contributed by atoms with E-state index < -0.39 is 0 Å². The number of rotatable bonds is 3. The number of para-hydroxylation sites is 1. The molecule has 1 aromatic rings. The molecule has 2 rings (SSSR count). The minimum atomic E-state index is 0.0204. The normalized spacial score (nSPS) is 14.8. The average Bonchev–Trinajstić information content (AvgIpc) is 2.90. The van der Waals surface area contributed by atoms with Gasteiger partial charge in [0.2, 0.25) is 0 Å². The third-order valence-electron chi connectivity index (χ3n) is 3.08. The van der Waals surface area contributed by atoms with Gasteiger partial charge in [-0.3, -0.25) is 4.79 Å². The number of methoxy groups -OCH3 is 1. The fourth-order valence-corrected chi connectivity index (χ4v) is 2.12. The second kappa shape index (κ2) is 5.04. The van der Waals surface area contributed by atoms with E-state index in [0.29, 0.717) is 11.3 Å². The zero-order valence-electron chi connectivity index (χ0n) is 10.1. The Morgan fingerprint density at radius 3 is 2.59 bits per heavy atom. The van der Waals surface area contributed by atoms with Gasteiger partial charge in [-0.1, -0.05) is 24.8 Å². The average molecular weight is 231 g/mol. The standard InChI is InChI=1S/C14H17NO2/c1-11(14(16)15-9-5-6-10-15)12-7-3-4-8-13(12)17-2/h3-4,7-8H,1,5-6,9-10H2,2H3. The molecule has 0 spiro atoms. The van der Waals surface area contributed by atoms with Gasteiger partial charge >= 0.3 is 0 Å². The van der Waals surface area contributed by atoms with Crippen LogP contribution in [0, 0.1) is 0 Å². The minimum Gasteiger partial charge on any atom is -0.496 e. The van der Waals surface area contributed by atoms with Crippen LogP contribution < -0.4 is 4.74 Å². The van der Waals surface area contributed by atoms with Gasteiger partial charge in [-0.15, -0.1) is 0 Å². The maximum atomic E-state index is 12.2. The van der Waals surface area contributed by atoms with Crippen LogP contribution in [0.5, 0.6) is 5.75 Å². The number of hydrogen-bond donors (Lipinski definition) is 0. The van der Waals surface area contributed by atoms with Gasteiger partial charge in [-0.05, 0) is 18.9 Å². The number of benzene rings is 1. The van der Waals surface area contributed by atoms with Gasteiger partial charge < -0.3 is 9.64 Å². The van der Waals surface area contributed by atoms with E-state index in [9.17, 15) is 4.79 Å². The zero-order chi connectivity index (χ0) is 12.3. The first kappa shape index (κ1) is 11.7. The van der Waals surface area contributed by atoms with Crippen LogP contribution in [0.15, 0.2) is 30.8 Å². The number of hydrogen-bond acceptors (Lipinski definition) is 2. The summed E-state index contributed by atoms with van der Waals surface area (Å²) in [6, 6.07) is 7.49. The lowest BCUT2D eigenvalue weighted by Crippen LogP contribution is -2.28. The number of carbonyl (C=O) groups is 1. The van der Waals surface area contributed by atoms with Crippen molar-refractivity contribution in [3.8, 4) is 5.75 Å². The molecule has 1 fully saturated rings. The fraction of sp³-hybridized carbons (Fsp3) is 0.357. The summed E-state index contributed by atoms with van der Waals surface area (Å²) in [6.07, 6.45) is 2.18. The molecule has 1 aliphatic rings. The molecule has 0 aliphatic carbocycles. The van der Waals surface area contributed by atoms with Crippen LogP contribution in [0.2, 0.25) is 0 Å². The molecule has 0 atom stereocenters. The number of nitrogens with zero attached hydrogens (tertiary/aromatic N) is 1. The van der Waals surface area contributed by atoms with Crippen LogP contribution in [-0.4, -0.2) is 31.0 Å². The lowest BCUT2D eigenvalue weighted by Gasteiger charge is -2.18. The Hall–Kier alpha value is -1.77. The second-order valence-electron chi connectivity index (χ2n) is 4.18. The van der Waals surface area contributed by atoms with E-state index in [1.807, 2.05) is 29.2 Å². The van der Waals surface area contributed by atoms with Crippen LogP contribution in [-0.2, 0) is 4.79 Å². The molecule has 0 unspecified atom stereocenters. The molecule has 0 saturated carbocycles. The quantitative estimate of drug-likeness (QED) is 0.747. The second-order valence-corrected chi connectivity index (χ2v) is 4.18. The molecule has 0 aromatic heterocycles. The van der Waals surface area contributed by atoms with E-state index in [2.05, 4.69) is 6.58 Å². The summed E-state index contributed by atoms with van der Waals surface area (Å²) in [4.78, 5) is 14.0. The third-order valence-corrected chi connectivity index (χ3v) is 3.08. The van der Waals surface area contributed by atoms with Crippen LogP contribution in [0.1, 0.15) is 18.4 Å². The van der Waals surface area contributed by atoms with Crippen LogP contribution >= 0.6 is 0 Å². The molecule has 1 saturated heterocycles. The largest absolute Gasteiger partial charge is 0.496 e. The Kier molecular flexibility index (Phi) is 3.47. The summed E-state index contributed by atoms with van der Waals surface area (Å²) in [6.45, 7) is 5.59. The van der Waals surface area contributed by atoms with Crippen molar-refractivity contribution < 1.29 is 9.53 Å². The lowest BCUT2D eigenvalue weighted by molar-refractivity contribution is -0.123. The Morgan fingerprint density at radius 2 is 1.94 bits per heavy atom. The van der Waals surface area contributed by atoms with Crippen LogP contribution in [0.25, 0.3) is 5.57 Å². The predicted octanol–water partition coefficient (Wildman–Crippen LogP) is 2.33. The monoisotopic (exact) mass is 231 g/mol. The number of likely N-dealkylation sites (tertiary alicyclic amines) is 1. The van der Waals surface area contributed by atoms with Gasteiger partial charge in [0.1, 0.15) is 5.75 Å². The molecule has 1 aliphatic heterocycles. The summed E-state index contributed by atoms with van der Waals surface area (Å²) in [5.74, 6) is 0.719. The predicted molar refractivity (Wildman–Crippen MR) is 67.8 cm³/mol. The van der Waals surface area contributed by atoms with Crippen LogP contribution in [0.3, 0.4) is 0 Å². The first-order valence-electron chi connectivity index (χ1n) is 5.85. The maximum absolute atomic E-state index is 12.2. The molecule has 0 radical (unpaired) electrons. The van der Waals surface area contributed by atoms with Crippen molar-refractivity contribution in [3.05, 3.63) is 36.4 Å². The minimum absolute atomic E-state index is 0.0204. The van der Waals surface area contributed by atoms with Gasteiger partial charge in [0.25, 0.3) is 5.91 Å². The number of amides is 1. The van der Waals surface area contributed by atoms with Crippen LogP contribution in [0.4, 0.5) is 0 Å².